The highest BCUT2D eigenvalue weighted by Crippen LogP contribution is 2.23. The van der Waals surface area contributed by atoms with Crippen molar-refractivity contribution in [3.05, 3.63) is 24.4 Å². The molecule has 1 heterocycles. The van der Waals surface area contributed by atoms with Crippen molar-refractivity contribution in [1.29, 1.82) is 0 Å². The van der Waals surface area contributed by atoms with Gasteiger partial charge in [-0.15, -0.1) is 0 Å². The first-order valence-electron chi connectivity index (χ1n) is 4.14. The molecule has 68 valence electrons. The van der Waals surface area contributed by atoms with E-state index in [1.165, 1.54) is 0 Å². The number of hydrogen-bond donors (Lipinski definition) is 1. The molecule has 1 rings (SSSR count). The minimum absolute atomic E-state index is 0.257. The Kier molecular flexibility index (Phi) is 3.60. The summed E-state index contributed by atoms with van der Waals surface area (Å²) >= 11 is 6.14. The molecule has 1 aliphatic heterocycles. The number of hydrogen-bond acceptors (Lipinski definition) is 1. The fraction of sp³-hybridized carbons (Fsp3) is 0.556. The van der Waals surface area contributed by atoms with Crippen LogP contribution < -0.4 is 5.32 Å². The summed E-state index contributed by atoms with van der Waals surface area (Å²) in [5, 5.41) is 3.03. The number of halogens is 2. The van der Waals surface area contributed by atoms with Crippen molar-refractivity contribution in [1.82, 2.24) is 5.32 Å². The lowest BCUT2D eigenvalue weighted by molar-refractivity contribution is 0.437. The molecule has 0 aromatic rings. The zero-order valence-corrected chi connectivity index (χ0v) is 7.65. The lowest BCUT2D eigenvalue weighted by atomic mass is 10.1. The quantitative estimate of drug-likeness (QED) is 0.408. The molecule has 0 bridgehead atoms. The number of alkyl halides is 2. The number of allylic oxidation sites excluding steroid dienone is 2. The van der Waals surface area contributed by atoms with Crippen LogP contribution in [0.1, 0.15) is 19.3 Å². The molecule has 0 radical (unpaired) electrons. The van der Waals surface area contributed by atoms with E-state index in [1.807, 2.05) is 24.4 Å². The van der Waals surface area contributed by atoms with Gasteiger partial charge in [0.2, 0.25) is 0 Å². The molecule has 0 amide bonds. The second-order valence-electron chi connectivity index (χ2n) is 2.87. The minimum atomic E-state index is -0.482. The van der Waals surface area contributed by atoms with E-state index in [-0.39, 0.29) is 6.67 Å². The van der Waals surface area contributed by atoms with Crippen LogP contribution in [-0.2, 0) is 0 Å². The average Bonchev–Trinajstić information content (AvgIpc) is 2.06. The van der Waals surface area contributed by atoms with Gasteiger partial charge in [0.1, 0.15) is 5.00 Å². The summed E-state index contributed by atoms with van der Waals surface area (Å²) in [5.74, 6) is 0. The molecule has 0 fully saturated rings. The van der Waals surface area contributed by atoms with Crippen molar-refractivity contribution in [2.24, 2.45) is 0 Å². The largest absolute Gasteiger partial charge is 0.370 e. The molecule has 0 saturated carbocycles. The van der Waals surface area contributed by atoms with Crippen LogP contribution in [0, 0.1) is 0 Å². The van der Waals surface area contributed by atoms with E-state index in [2.05, 4.69) is 5.32 Å². The van der Waals surface area contributed by atoms with Gasteiger partial charge >= 0.3 is 0 Å². The predicted molar refractivity (Wildman–Crippen MR) is 49.8 cm³/mol. The summed E-state index contributed by atoms with van der Waals surface area (Å²) in [4.78, 5) is -0.482. The van der Waals surface area contributed by atoms with Crippen molar-refractivity contribution in [3.8, 4) is 0 Å². The first-order valence-corrected chi connectivity index (χ1v) is 4.52. The van der Waals surface area contributed by atoms with E-state index in [0.29, 0.717) is 6.42 Å². The maximum atomic E-state index is 11.8. The summed E-state index contributed by atoms with van der Waals surface area (Å²) in [5.41, 5.74) is 0. The van der Waals surface area contributed by atoms with Gasteiger partial charge in [-0.2, -0.15) is 0 Å². The Labute approximate surface area is 77.3 Å². The van der Waals surface area contributed by atoms with Crippen LogP contribution in [0.25, 0.3) is 0 Å². The number of nitrogens with one attached hydrogen (secondary N) is 1. The van der Waals surface area contributed by atoms with E-state index in [0.717, 1.165) is 12.8 Å². The summed E-state index contributed by atoms with van der Waals surface area (Å²) in [6, 6.07) is 0. The normalized spacial score (nSPS) is 27.2. The Hall–Kier alpha value is -0.500. The maximum Gasteiger partial charge on any atom is 0.131 e. The summed E-state index contributed by atoms with van der Waals surface area (Å²) < 4.78 is 11.8. The average molecular weight is 190 g/mol. The molecule has 1 aliphatic rings. The van der Waals surface area contributed by atoms with Gasteiger partial charge in [0.15, 0.2) is 0 Å². The molecule has 12 heavy (non-hydrogen) atoms. The third kappa shape index (κ3) is 2.86. The second kappa shape index (κ2) is 4.51. The minimum Gasteiger partial charge on any atom is -0.370 e. The third-order valence-electron chi connectivity index (χ3n) is 1.82. The van der Waals surface area contributed by atoms with Crippen molar-refractivity contribution < 1.29 is 4.39 Å². The fourth-order valence-electron chi connectivity index (χ4n) is 1.13. The standard InChI is InChI=1S/C9H13ClFN/c10-9(5-1-3-7-11)6-2-4-8-12-9/h2,4,6,8,12H,1,3,5,7H2. The number of dihydropyridines is 1. The lowest BCUT2D eigenvalue weighted by Gasteiger charge is -2.25. The lowest BCUT2D eigenvalue weighted by Crippen LogP contribution is -2.35. The molecule has 0 aliphatic carbocycles. The van der Waals surface area contributed by atoms with Crippen LogP contribution >= 0.6 is 11.6 Å². The number of rotatable bonds is 4. The van der Waals surface area contributed by atoms with Gasteiger partial charge in [-0.05, 0) is 37.6 Å². The van der Waals surface area contributed by atoms with Crippen molar-refractivity contribution in [2.45, 2.75) is 24.3 Å². The summed E-state index contributed by atoms with van der Waals surface area (Å²) in [6.45, 7) is -0.257. The Morgan fingerprint density at radius 1 is 1.33 bits per heavy atom. The molecule has 0 saturated heterocycles. The molecule has 1 nitrogen and oxygen atoms in total. The fourth-order valence-corrected chi connectivity index (χ4v) is 1.40. The zero-order chi connectivity index (χ0) is 8.86. The monoisotopic (exact) mass is 189 g/mol. The Bertz CT molecular complexity index is 191. The Morgan fingerprint density at radius 3 is 2.75 bits per heavy atom. The van der Waals surface area contributed by atoms with E-state index >= 15 is 0 Å². The van der Waals surface area contributed by atoms with Gasteiger partial charge in [-0.1, -0.05) is 17.7 Å². The molecule has 0 aromatic heterocycles. The van der Waals surface area contributed by atoms with Gasteiger partial charge in [0, 0.05) is 0 Å². The molecule has 0 aromatic carbocycles. The van der Waals surface area contributed by atoms with Crippen LogP contribution in [0.4, 0.5) is 4.39 Å². The first kappa shape index (κ1) is 9.59. The zero-order valence-electron chi connectivity index (χ0n) is 6.89. The van der Waals surface area contributed by atoms with E-state index < -0.39 is 5.00 Å². The SMILES string of the molecule is FCCCCC1(Cl)C=CC=CN1. The van der Waals surface area contributed by atoms with Crippen molar-refractivity contribution >= 4 is 11.6 Å². The molecule has 3 heteroatoms. The second-order valence-corrected chi connectivity index (χ2v) is 3.55. The van der Waals surface area contributed by atoms with Gasteiger partial charge in [0.25, 0.3) is 0 Å². The molecular weight excluding hydrogens is 177 g/mol. The van der Waals surface area contributed by atoms with Gasteiger partial charge in [-0.3, -0.25) is 4.39 Å². The van der Waals surface area contributed by atoms with Crippen LogP contribution in [0.2, 0.25) is 0 Å². The van der Waals surface area contributed by atoms with Gasteiger partial charge < -0.3 is 5.32 Å². The summed E-state index contributed by atoms with van der Waals surface area (Å²) in [7, 11) is 0. The van der Waals surface area contributed by atoms with Crippen molar-refractivity contribution in [2.75, 3.05) is 6.67 Å². The smallest absolute Gasteiger partial charge is 0.131 e. The molecule has 0 spiro atoms. The Balaban J connectivity index is 2.29. The van der Waals surface area contributed by atoms with Crippen molar-refractivity contribution in [3.63, 3.8) is 0 Å². The highest BCUT2D eigenvalue weighted by Gasteiger charge is 2.21. The van der Waals surface area contributed by atoms with Gasteiger partial charge in [0.05, 0.1) is 6.67 Å². The molecular formula is C9H13ClFN. The molecule has 1 atom stereocenters. The van der Waals surface area contributed by atoms with Crippen LogP contribution in [0.5, 0.6) is 0 Å². The topological polar surface area (TPSA) is 12.0 Å². The van der Waals surface area contributed by atoms with E-state index in [1.54, 1.807) is 0 Å². The van der Waals surface area contributed by atoms with E-state index in [9.17, 15) is 4.39 Å². The van der Waals surface area contributed by atoms with Gasteiger partial charge in [-0.25, -0.2) is 0 Å². The van der Waals surface area contributed by atoms with Crippen LogP contribution in [0.15, 0.2) is 24.4 Å². The summed E-state index contributed by atoms with van der Waals surface area (Å²) in [6.07, 6.45) is 9.65. The first-order chi connectivity index (χ1) is 5.77. The van der Waals surface area contributed by atoms with Crippen LogP contribution in [0.3, 0.4) is 0 Å². The van der Waals surface area contributed by atoms with Crippen LogP contribution in [-0.4, -0.2) is 11.7 Å². The Morgan fingerprint density at radius 2 is 2.17 bits per heavy atom. The highest BCUT2D eigenvalue weighted by molar-refractivity contribution is 6.25. The van der Waals surface area contributed by atoms with E-state index in [4.69, 9.17) is 11.6 Å². The highest BCUT2D eigenvalue weighted by atomic mass is 35.5. The third-order valence-corrected chi connectivity index (χ3v) is 2.24. The predicted octanol–water partition coefficient (Wildman–Crippen LogP) is 2.73. The maximum absolute atomic E-state index is 11.8. The molecule has 1 unspecified atom stereocenters. The number of unbranched alkanes of at least 4 members (excludes halogenated alkanes) is 1. The molecule has 1 N–H and O–H groups in total.